The van der Waals surface area contributed by atoms with Gasteiger partial charge in [-0.25, -0.2) is 9.97 Å². The molecule has 4 N–H and O–H groups in total. The number of fused-ring (bicyclic) bond motifs is 1. The van der Waals surface area contributed by atoms with Crippen LogP contribution in [0.4, 0.5) is 5.82 Å². The van der Waals surface area contributed by atoms with Crippen LogP contribution < -0.4 is 5.73 Å². The largest absolute Gasteiger partial charge is 0.394 e. The highest BCUT2D eigenvalue weighted by Crippen LogP contribution is 2.41. The molecule has 3 atom stereocenters. The van der Waals surface area contributed by atoms with Gasteiger partial charge in [0.25, 0.3) is 0 Å². The molecular weight excluding hydrogens is 460 g/mol. The minimum Gasteiger partial charge on any atom is -0.394 e. The molecule has 6 rings (SSSR count). The van der Waals surface area contributed by atoms with Gasteiger partial charge < -0.3 is 25.3 Å². The van der Waals surface area contributed by atoms with Gasteiger partial charge in [0.1, 0.15) is 41.5 Å². The third kappa shape index (κ3) is 3.75. The van der Waals surface area contributed by atoms with Crippen LogP contribution in [0, 0.1) is 0 Å². The molecule has 0 spiro atoms. The van der Waals surface area contributed by atoms with Gasteiger partial charge in [0.05, 0.1) is 29.5 Å². The Hall–Kier alpha value is -4.32. The summed E-state index contributed by atoms with van der Waals surface area (Å²) in [5, 5.41) is 29.5. The zero-order valence-corrected chi connectivity index (χ0v) is 19.0. The van der Waals surface area contributed by atoms with Crippen LogP contribution in [-0.2, 0) is 4.74 Å². The van der Waals surface area contributed by atoms with Gasteiger partial charge in [-0.05, 0) is 30.3 Å². The molecule has 0 amide bonds. The maximum atomic E-state index is 10.3. The Kier molecular flexibility index (Phi) is 5.56. The fraction of sp³-hybridized carbons (Fsp3) is 0.200. The van der Waals surface area contributed by atoms with Gasteiger partial charge in [-0.15, -0.1) is 10.2 Å². The maximum Gasteiger partial charge on any atom is 0.148 e. The molecule has 180 valence electrons. The van der Waals surface area contributed by atoms with Crippen LogP contribution in [0.2, 0.25) is 0 Å². The fourth-order valence-corrected chi connectivity index (χ4v) is 4.51. The summed E-state index contributed by atoms with van der Waals surface area (Å²) in [6.45, 7) is -0.285. The first-order valence-electron chi connectivity index (χ1n) is 11.4. The van der Waals surface area contributed by atoms with E-state index >= 15 is 0 Å². The SMILES string of the molecule is Nc1ncnc2c1c(-c1cc(-c3ccccn3)nnc1-c1ccccn1)cn2[C@H]1C[C@@H](O)[C@@H](CO)O1. The highest BCUT2D eigenvalue weighted by atomic mass is 16.5. The molecule has 5 aromatic rings. The monoisotopic (exact) mass is 482 g/mol. The van der Waals surface area contributed by atoms with E-state index in [1.54, 1.807) is 12.4 Å². The van der Waals surface area contributed by atoms with Gasteiger partial charge >= 0.3 is 0 Å². The van der Waals surface area contributed by atoms with Crippen LogP contribution in [0.3, 0.4) is 0 Å². The number of aliphatic hydroxyl groups is 2. The number of aromatic nitrogens is 7. The predicted octanol–water partition coefficient (Wildman–Crippen LogP) is 2.24. The Bertz CT molecular complexity index is 1530. The first-order valence-corrected chi connectivity index (χ1v) is 11.4. The van der Waals surface area contributed by atoms with Gasteiger partial charge in [-0.3, -0.25) is 9.97 Å². The third-order valence-corrected chi connectivity index (χ3v) is 6.25. The highest BCUT2D eigenvalue weighted by Gasteiger charge is 2.36. The van der Waals surface area contributed by atoms with Crippen molar-refractivity contribution in [3.63, 3.8) is 0 Å². The Morgan fingerprint density at radius 2 is 1.72 bits per heavy atom. The summed E-state index contributed by atoms with van der Waals surface area (Å²) in [5.74, 6) is 0.286. The molecule has 1 aliphatic heterocycles. The van der Waals surface area contributed by atoms with Gasteiger partial charge in [0, 0.05) is 36.1 Å². The van der Waals surface area contributed by atoms with E-state index < -0.39 is 18.4 Å². The standard InChI is InChI=1S/C25H22N8O3/c26-24-22-15(11-33(25(22)30-13-29-24)21-10-19(35)20(12-34)36-21)14-9-18(16-5-1-3-7-27-16)31-32-23(14)17-6-2-4-8-28-17/h1-9,11,13,19-21,34-35H,10,12H2,(H2,26,29,30)/t19-,20-,21-/m1/s1. The molecule has 1 saturated heterocycles. The minimum absolute atomic E-state index is 0.285. The normalized spacial score (nSPS) is 19.7. The summed E-state index contributed by atoms with van der Waals surface area (Å²) in [6.07, 6.45) is 4.89. The second-order valence-electron chi connectivity index (χ2n) is 8.44. The molecular formula is C25H22N8O3. The average molecular weight is 483 g/mol. The van der Waals surface area contributed by atoms with E-state index in [0.717, 1.165) is 0 Å². The average Bonchev–Trinajstić information content (AvgIpc) is 3.50. The van der Waals surface area contributed by atoms with Crippen molar-refractivity contribution in [1.29, 1.82) is 0 Å². The molecule has 0 radical (unpaired) electrons. The van der Waals surface area contributed by atoms with Gasteiger partial charge in [-0.2, -0.15) is 0 Å². The molecule has 0 bridgehead atoms. The number of nitrogens with two attached hydrogens (primary N) is 1. The van der Waals surface area contributed by atoms with Crippen LogP contribution in [-0.4, -0.2) is 63.7 Å². The molecule has 6 heterocycles. The van der Waals surface area contributed by atoms with E-state index in [4.69, 9.17) is 10.5 Å². The van der Waals surface area contributed by atoms with Crippen molar-refractivity contribution >= 4 is 16.9 Å². The molecule has 1 fully saturated rings. The van der Waals surface area contributed by atoms with Gasteiger partial charge in [0.15, 0.2) is 0 Å². The van der Waals surface area contributed by atoms with Crippen LogP contribution in [0.15, 0.2) is 67.4 Å². The smallest absolute Gasteiger partial charge is 0.148 e. The lowest BCUT2D eigenvalue weighted by Gasteiger charge is -2.14. The van der Waals surface area contributed by atoms with Crippen molar-refractivity contribution in [2.45, 2.75) is 24.9 Å². The lowest BCUT2D eigenvalue weighted by Crippen LogP contribution is -2.24. The summed E-state index contributed by atoms with van der Waals surface area (Å²) in [5.41, 5.74) is 10.8. The number of hydrogen-bond donors (Lipinski definition) is 3. The van der Waals surface area contributed by atoms with E-state index in [9.17, 15) is 10.2 Å². The van der Waals surface area contributed by atoms with Gasteiger partial charge in [-0.1, -0.05) is 12.1 Å². The summed E-state index contributed by atoms with van der Waals surface area (Å²) >= 11 is 0. The van der Waals surface area contributed by atoms with E-state index in [1.165, 1.54) is 6.33 Å². The van der Waals surface area contributed by atoms with Crippen molar-refractivity contribution in [3.05, 3.63) is 67.4 Å². The lowest BCUT2D eigenvalue weighted by atomic mass is 10.0. The first-order chi connectivity index (χ1) is 17.6. The third-order valence-electron chi connectivity index (χ3n) is 6.25. The Balaban J connectivity index is 1.59. The fourth-order valence-electron chi connectivity index (χ4n) is 4.51. The Labute approximate surface area is 205 Å². The summed E-state index contributed by atoms with van der Waals surface area (Å²) in [4.78, 5) is 17.6. The second-order valence-corrected chi connectivity index (χ2v) is 8.44. The zero-order chi connectivity index (χ0) is 24.6. The van der Waals surface area contributed by atoms with Crippen LogP contribution >= 0.6 is 0 Å². The van der Waals surface area contributed by atoms with E-state index in [-0.39, 0.29) is 12.4 Å². The van der Waals surface area contributed by atoms with Crippen molar-refractivity contribution in [3.8, 4) is 33.9 Å². The molecule has 0 aromatic carbocycles. The molecule has 11 heteroatoms. The number of hydrogen-bond acceptors (Lipinski definition) is 10. The minimum atomic E-state index is -0.803. The molecule has 5 aromatic heterocycles. The topological polar surface area (TPSA) is 158 Å². The lowest BCUT2D eigenvalue weighted by molar-refractivity contribution is -0.0430. The number of nitrogen functional groups attached to an aromatic ring is 1. The molecule has 1 aliphatic rings. The number of rotatable bonds is 5. The van der Waals surface area contributed by atoms with Crippen LogP contribution in [0.1, 0.15) is 12.6 Å². The van der Waals surface area contributed by atoms with Crippen LogP contribution in [0.5, 0.6) is 0 Å². The summed E-state index contributed by atoms with van der Waals surface area (Å²) in [6, 6.07) is 13.0. The quantitative estimate of drug-likeness (QED) is 0.339. The molecule has 0 unspecified atom stereocenters. The first kappa shape index (κ1) is 22.2. The summed E-state index contributed by atoms with van der Waals surface area (Å²) in [7, 11) is 0. The van der Waals surface area contributed by atoms with Crippen LogP contribution in [0.25, 0.3) is 44.9 Å². The Morgan fingerprint density at radius 3 is 2.42 bits per heavy atom. The number of pyridine rings is 2. The number of anilines is 1. The van der Waals surface area contributed by atoms with Crippen molar-refractivity contribution in [2.24, 2.45) is 0 Å². The number of aliphatic hydroxyl groups excluding tert-OH is 2. The number of nitrogens with zero attached hydrogens (tertiary/aromatic N) is 7. The maximum absolute atomic E-state index is 10.3. The zero-order valence-electron chi connectivity index (χ0n) is 19.0. The number of ether oxygens (including phenoxy) is 1. The van der Waals surface area contributed by atoms with Crippen molar-refractivity contribution < 1.29 is 14.9 Å². The predicted molar refractivity (Wildman–Crippen MR) is 131 cm³/mol. The summed E-state index contributed by atoms with van der Waals surface area (Å²) < 4.78 is 7.74. The van der Waals surface area contributed by atoms with Crippen molar-refractivity contribution in [2.75, 3.05) is 12.3 Å². The second kappa shape index (κ2) is 9.04. The molecule has 0 saturated carbocycles. The van der Waals surface area contributed by atoms with E-state index in [2.05, 4.69) is 30.1 Å². The molecule has 11 nitrogen and oxygen atoms in total. The Morgan fingerprint density at radius 1 is 0.944 bits per heavy atom. The molecule has 0 aliphatic carbocycles. The van der Waals surface area contributed by atoms with Gasteiger partial charge in [0.2, 0.25) is 0 Å². The van der Waals surface area contributed by atoms with E-state index in [0.29, 0.717) is 51.4 Å². The van der Waals surface area contributed by atoms with E-state index in [1.807, 2.05) is 53.2 Å². The van der Waals surface area contributed by atoms with Crippen molar-refractivity contribution in [1.82, 2.24) is 34.7 Å². The molecule has 36 heavy (non-hydrogen) atoms. The highest BCUT2D eigenvalue weighted by molar-refractivity contribution is 6.03.